The molecular formula is C22H27N5O4. The van der Waals surface area contributed by atoms with Crippen LogP contribution in [-0.4, -0.2) is 44.2 Å². The molecule has 1 unspecified atom stereocenters. The van der Waals surface area contributed by atoms with Crippen molar-refractivity contribution in [2.45, 2.75) is 19.4 Å². The number of nitrogens with two attached hydrogens (primary N) is 1. The summed E-state index contributed by atoms with van der Waals surface area (Å²) in [5.41, 5.74) is 7.69. The van der Waals surface area contributed by atoms with Crippen molar-refractivity contribution >= 4 is 22.7 Å². The number of amidine groups is 1. The maximum Gasteiger partial charge on any atom is 0.264 e. The van der Waals surface area contributed by atoms with Crippen LogP contribution < -0.4 is 30.4 Å². The van der Waals surface area contributed by atoms with E-state index in [1.807, 2.05) is 43.1 Å². The Labute approximate surface area is 180 Å². The summed E-state index contributed by atoms with van der Waals surface area (Å²) >= 11 is 0. The third-order valence-electron chi connectivity index (χ3n) is 5.19. The Morgan fingerprint density at radius 3 is 2.52 bits per heavy atom. The lowest BCUT2D eigenvalue weighted by Crippen LogP contribution is -2.23. The monoisotopic (exact) mass is 425 g/mol. The predicted octanol–water partition coefficient (Wildman–Crippen LogP) is 2.62. The summed E-state index contributed by atoms with van der Waals surface area (Å²) in [6.45, 7) is 2.39. The van der Waals surface area contributed by atoms with Gasteiger partial charge in [-0.2, -0.15) is 0 Å². The van der Waals surface area contributed by atoms with Crippen molar-refractivity contribution in [1.29, 1.82) is 5.41 Å². The van der Waals surface area contributed by atoms with Crippen LogP contribution in [-0.2, 0) is 6.54 Å². The van der Waals surface area contributed by atoms with Crippen molar-refractivity contribution < 1.29 is 14.2 Å². The van der Waals surface area contributed by atoms with Crippen LogP contribution in [0.15, 0.2) is 35.1 Å². The Morgan fingerprint density at radius 1 is 1.19 bits per heavy atom. The first kappa shape index (κ1) is 21.9. The first-order valence-corrected chi connectivity index (χ1v) is 9.67. The number of methoxy groups -OCH3 is 3. The average Bonchev–Trinajstić information content (AvgIpc) is 2.76. The minimum atomic E-state index is -0.344. The Kier molecular flexibility index (Phi) is 6.33. The summed E-state index contributed by atoms with van der Waals surface area (Å²) in [7, 11) is 6.30. The van der Waals surface area contributed by atoms with Gasteiger partial charge in [-0.15, -0.1) is 0 Å². The van der Waals surface area contributed by atoms with E-state index in [0.29, 0.717) is 29.5 Å². The van der Waals surface area contributed by atoms with Gasteiger partial charge >= 0.3 is 0 Å². The number of ether oxygens (including phenoxy) is 3. The van der Waals surface area contributed by atoms with Gasteiger partial charge in [0.25, 0.3) is 5.56 Å². The van der Waals surface area contributed by atoms with E-state index in [1.165, 1.54) is 21.3 Å². The zero-order chi connectivity index (χ0) is 22.7. The van der Waals surface area contributed by atoms with E-state index in [1.54, 1.807) is 6.07 Å². The molecule has 0 spiro atoms. The van der Waals surface area contributed by atoms with Crippen molar-refractivity contribution in [1.82, 2.24) is 9.97 Å². The van der Waals surface area contributed by atoms with Crippen LogP contribution in [0.2, 0.25) is 0 Å². The number of benzene rings is 2. The van der Waals surface area contributed by atoms with Crippen molar-refractivity contribution in [3.8, 4) is 17.2 Å². The molecule has 0 aliphatic carbocycles. The number of H-pyrrole nitrogens is 1. The van der Waals surface area contributed by atoms with E-state index in [0.717, 1.165) is 11.1 Å². The van der Waals surface area contributed by atoms with Gasteiger partial charge in [0.15, 0.2) is 11.5 Å². The minimum Gasteiger partial charge on any atom is -0.493 e. The maximum atomic E-state index is 12.9. The molecule has 9 nitrogen and oxygen atoms in total. The lowest BCUT2D eigenvalue weighted by Gasteiger charge is -2.20. The molecule has 31 heavy (non-hydrogen) atoms. The fraction of sp³-hybridized carbons (Fsp3) is 0.318. The number of aromatic amines is 1. The number of nitrogens with zero attached hydrogens (tertiary/aromatic N) is 2. The van der Waals surface area contributed by atoms with Gasteiger partial charge < -0.3 is 24.8 Å². The molecule has 1 aromatic heterocycles. The first-order chi connectivity index (χ1) is 14.8. The van der Waals surface area contributed by atoms with E-state index in [9.17, 15) is 4.79 Å². The molecule has 2 aromatic carbocycles. The van der Waals surface area contributed by atoms with E-state index in [4.69, 9.17) is 25.4 Å². The topological polar surface area (TPSA) is 127 Å². The molecule has 1 atom stereocenters. The summed E-state index contributed by atoms with van der Waals surface area (Å²) in [5, 5.41) is 7.95. The fourth-order valence-corrected chi connectivity index (χ4v) is 3.43. The highest BCUT2D eigenvalue weighted by Crippen LogP contribution is 2.41. The number of hydrogen-bond donors (Lipinski definition) is 3. The van der Waals surface area contributed by atoms with E-state index < -0.39 is 0 Å². The molecule has 0 bridgehead atoms. The largest absolute Gasteiger partial charge is 0.493 e. The fourth-order valence-electron chi connectivity index (χ4n) is 3.43. The zero-order valence-corrected chi connectivity index (χ0v) is 18.3. The summed E-state index contributed by atoms with van der Waals surface area (Å²) in [6.07, 6.45) is 0. The van der Waals surface area contributed by atoms with Crippen molar-refractivity contribution in [3.63, 3.8) is 0 Å². The summed E-state index contributed by atoms with van der Waals surface area (Å²) < 4.78 is 16.2. The highest BCUT2D eigenvalue weighted by atomic mass is 16.5. The predicted molar refractivity (Wildman–Crippen MR) is 121 cm³/mol. The van der Waals surface area contributed by atoms with Crippen LogP contribution in [0.1, 0.15) is 24.0 Å². The minimum absolute atomic E-state index is 0.115. The number of hydrogen-bond acceptors (Lipinski definition) is 7. The van der Waals surface area contributed by atoms with E-state index >= 15 is 0 Å². The first-order valence-electron chi connectivity index (χ1n) is 9.67. The van der Waals surface area contributed by atoms with Crippen LogP contribution in [0.3, 0.4) is 0 Å². The summed E-state index contributed by atoms with van der Waals surface area (Å²) in [5.74, 6) is 1.37. The smallest absolute Gasteiger partial charge is 0.264 e. The molecule has 0 aliphatic heterocycles. The summed E-state index contributed by atoms with van der Waals surface area (Å²) in [4.78, 5) is 22.2. The second-order valence-corrected chi connectivity index (χ2v) is 7.21. The molecule has 9 heteroatoms. The zero-order valence-electron chi connectivity index (χ0n) is 18.3. The van der Waals surface area contributed by atoms with Gasteiger partial charge in [0.05, 0.1) is 32.7 Å². The van der Waals surface area contributed by atoms with E-state index in [-0.39, 0.29) is 28.4 Å². The van der Waals surface area contributed by atoms with Gasteiger partial charge in [-0.25, -0.2) is 4.98 Å². The van der Waals surface area contributed by atoms with Crippen LogP contribution >= 0.6 is 0 Å². The SMILES string of the molecule is COc1cc2nc(N(C)Cc3cccc(C(C)C(=N)N)c3)[nH]c(=O)c2c(OC)c1OC. The second-order valence-electron chi connectivity index (χ2n) is 7.21. The second kappa shape index (κ2) is 8.95. The third-order valence-corrected chi connectivity index (χ3v) is 5.19. The molecule has 0 fully saturated rings. The Morgan fingerprint density at radius 2 is 1.90 bits per heavy atom. The lowest BCUT2D eigenvalue weighted by atomic mass is 9.98. The van der Waals surface area contributed by atoms with Gasteiger partial charge in [-0.1, -0.05) is 31.2 Å². The molecule has 3 rings (SSSR count). The lowest BCUT2D eigenvalue weighted by molar-refractivity contribution is 0.327. The number of fused-ring (bicyclic) bond motifs is 1. The molecule has 1 heterocycles. The molecule has 3 aromatic rings. The molecule has 0 saturated carbocycles. The number of nitrogens with one attached hydrogen (secondary N) is 2. The van der Waals surface area contributed by atoms with Gasteiger partial charge in [0.1, 0.15) is 5.39 Å². The highest BCUT2D eigenvalue weighted by molar-refractivity contribution is 5.90. The third kappa shape index (κ3) is 4.25. The standard InChI is InChI=1S/C22H27N5O4/c1-12(20(23)24)14-8-6-7-13(9-14)11-27(2)22-25-15-10-16(29-3)18(30-4)19(31-5)17(15)21(28)26-22/h6-10,12H,11H2,1-5H3,(H3,23,24)(H,25,26,28). The van der Waals surface area contributed by atoms with Crippen LogP contribution in [0, 0.1) is 5.41 Å². The van der Waals surface area contributed by atoms with Gasteiger partial charge in [-0.3, -0.25) is 15.2 Å². The average molecular weight is 425 g/mol. The Hall–Kier alpha value is -3.75. The van der Waals surface area contributed by atoms with Crippen molar-refractivity contribution in [2.24, 2.45) is 5.73 Å². The highest BCUT2D eigenvalue weighted by Gasteiger charge is 2.21. The Bertz CT molecular complexity index is 1170. The quantitative estimate of drug-likeness (QED) is 0.374. The van der Waals surface area contributed by atoms with Crippen LogP contribution in [0.5, 0.6) is 17.2 Å². The van der Waals surface area contributed by atoms with Gasteiger partial charge in [0.2, 0.25) is 11.7 Å². The molecule has 0 saturated heterocycles. The molecule has 0 radical (unpaired) electrons. The molecule has 4 N–H and O–H groups in total. The van der Waals surface area contributed by atoms with Gasteiger partial charge in [0, 0.05) is 25.6 Å². The van der Waals surface area contributed by atoms with Crippen molar-refractivity contribution in [3.05, 3.63) is 51.8 Å². The van der Waals surface area contributed by atoms with Crippen LogP contribution in [0.25, 0.3) is 10.9 Å². The maximum absolute atomic E-state index is 12.9. The van der Waals surface area contributed by atoms with Gasteiger partial charge in [-0.05, 0) is 11.1 Å². The molecule has 0 aliphatic rings. The molecule has 164 valence electrons. The number of aromatic nitrogens is 2. The Balaban J connectivity index is 2.01. The number of rotatable bonds is 8. The van der Waals surface area contributed by atoms with Crippen molar-refractivity contribution in [2.75, 3.05) is 33.3 Å². The summed E-state index contributed by atoms with van der Waals surface area (Å²) in [6, 6.07) is 9.49. The normalized spacial score (nSPS) is 11.8. The van der Waals surface area contributed by atoms with Crippen LogP contribution in [0.4, 0.5) is 5.95 Å². The van der Waals surface area contributed by atoms with E-state index in [2.05, 4.69) is 9.97 Å². The number of anilines is 1. The molecule has 0 amide bonds. The molecular weight excluding hydrogens is 398 g/mol.